The van der Waals surface area contributed by atoms with Crippen molar-refractivity contribution in [3.8, 4) is 11.1 Å². The quantitative estimate of drug-likeness (QED) is 0.388. The molecular weight excluding hydrogens is 490 g/mol. The Hall–Kier alpha value is -3.50. The van der Waals surface area contributed by atoms with Gasteiger partial charge in [0.15, 0.2) is 0 Å². The SMILES string of the molecule is Cc1noc(C)c1-c1ccc2c(c1)nc([C@H]1CCC(=O)N1c1ccccc1)n2[C@@H]1CCN(S(C)(=O)=O)C1. The summed E-state index contributed by atoms with van der Waals surface area (Å²) in [6.45, 7) is 4.66. The fourth-order valence-electron chi connectivity index (χ4n) is 5.85. The average Bonchev–Trinajstić information content (AvgIpc) is 3.64. The van der Waals surface area contributed by atoms with Crippen molar-refractivity contribution in [3.05, 3.63) is 65.8 Å². The molecule has 0 bridgehead atoms. The molecule has 2 aromatic carbocycles. The molecule has 0 aliphatic carbocycles. The van der Waals surface area contributed by atoms with Gasteiger partial charge in [0.1, 0.15) is 11.6 Å². The van der Waals surface area contributed by atoms with Crippen molar-refractivity contribution in [3.63, 3.8) is 0 Å². The highest BCUT2D eigenvalue weighted by Gasteiger charge is 2.39. The van der Waals surface area contributed by atoms with Crippen LogP contribution in [-0.4, -0.2) is 52.7 Å². The summed E-state index contributed by atoms with van der Waals surface area (Å²) in [4.78, 5) is 20.0. The van der Waals surface area contributed by atoms with E-state index in [1.165, 1.54) is 10.6 Å². The highest BCUT2D eigenvalue weighted by Crippen LogP contribution is 2.41. The topological polar surface area (TPSA) is 102 Å². The van der Waals surface area contributed by atoms with Crippen molar-refractivity contribution in [2.75, 3.05) is 24.2 Å². The van der Waals surface area contributed by atoms with E-state index in [0.717, 1.165) is 45.1 Å². The first-order chi connectivity index (χ1) is 17.7. The van der Waals surface area contributed by atoms with E-state index < -0.39 is 10.0 Å². The Bertz CT molecular complexity index is 1590. The van der Waals surface area contributed by atoms with Crippen LogP contribution in [0.3, 0.4) is 0 Å². The Labute approximate surface area is 215 Å². The Kier molecular flexibility index (Phi) is 5.68. The minimum absolute atomic E-state index is 0.0652. The minimum Gasteiger partial charge on any atom is -0.361 e. The molecule has 10 heteroatoms. The third-order valence-electron chi connectivity index (χ3n) is 7.54. The number of carbonyl (C=O) groups is 1. The molecule has 37 heavy (non-hydrogen) atoms. The van der Waals surface area contributed by atoms with Gasteiger partial charge in [-0.3, -0.25) is 4.79 Å². The fraction of sp³-hybridized carbons (Fsp3) is 0.370. The van der Waals surface area contributed by atoms with Gasteiger partial charge in [0.25, 0.3) is 0 Å². The van der Waals surface area contributed by atoms with Crippen LogP contribution < -0.4 is 4.90 Å². The van der Waals surface area contributed by atoms with Crippen molar-refractivity contribution >= 4 is 32.7 Å². The molecule has 0 unspecified atom stereocenters. The van der Waals surface area contributed by atoms with Gasteiger partial charge in [0, 0.05) is 30.8 Å². The maximum absolute atomic E-state index is 13.1. The van der Waals surface area contributed by atoms with E-state index >= 15 is 0 Å². The van der Waals surface area contributed by atoms with E-state index in [1.54, 1.807) is 0 Å². The van der Waals surface area contributed by atoms with Crippen molar-refractivity contribution in [1.29, 1.82) is 0 Å². The number of rotatable bonds is 5. The molecule has 0 radical (unpaired) electrons. The summed E-state index contributed by atoms with van der Waals surface area (Å²) in [7, 11) is -3.30. The molecule has 2 aliphatic rings. The number of para-hydroxylation sites is 1. The van der Waals surface area contributed by atoms with Gasteiger partial charge in [-0.1, -0.05) is 29.4 Å². The van der Waals surface area contributed by atoms with Gasteiger partial charge in [-0.25, -0.2) is 17.7 Å². The predicted octanol–water partition coefficient (Wildman–Crippen LogP) is 4.38. The summed E-state index contributed by atoms with van der Waals surface area (Å²) in [5.41, 5.74) is 5.30. The second-order valence-corrected chi connectivity index (χ2v) is 11.9. The molecule has 0 saturated carbocycles. The van der Waals surface area contributed by atoms with Crippen LogP contribution in [0.2, 0.25) is 0 Å². The summed E-state index contributed by atoms with van der Waals surface area (Å²) in [5.74, 6) is 1.60. The lowest BCUT2D eigenvalue weighted by molar-refractivity contribution is -0.117. The van der Waals surface area contributed by atoms with Crippen LogP contribution in [-0.2, 0) is 14.8 Å². The van der Waals surface area contributed by atoms with Crippen LogP contribution in [0.4, 0.5) is 5.69 Å². The molecule has 6 rings (SSSR count). The zero-order chi connectivity index (χ0) is 25.9. The first-order valence-electron chi connectivity index (χ1n) is 12.5. The van der Waals surface area contributed by atoms with Crippen molar-refractivity contribution in [2.45, 2.75) is 45.2 Å². The van der Waals surface area contributed by atoms with Crippen LogP contribution >= 0.6 is 0 Å². The largest absolute Gasteiger partial charge is 0.361 e. The second kappa shape index (κ2) is 8.81. The van der Waals surface area contributed by atoms with Gasteiger partial charge in [-0.2, -0.15) is 0 Å². The van der Waals surface area contributed by atoms with Gasteiger partial charge < -0.3 is 14.0 Å². The van der Waals surface area contributed by atoms with E-state index in [2.05, 4.69) is 9.72 Å². The highest BCUT2D eigenvalue weighted by molar-refractivity contribution is 7.88. The van der Waals surface area contributed by atoms with E-state index in [1.807, 2.05) is 67.3 Å². The maximum Gasteiger partial charge on any atom is 0.227 e. The summed E-state index contributed by atoms with van der Waals surface area (Å²) in [6, 6.07) is 15.5. The van der Waals surface area contributed by atoms with Crippen LogP contribution in [0.5, 0.6) is 0 Å². The number of hydrogen-bond acceptors (Lipinski definition) is 6. The van der Waals surface area contributed by atoms with Gasteiger partial charge in [-0.05, 0) is 56.5 Å². The van der Waals surface area contributed by atoms with Crippen molar-refractivity contribution < 1.29 is 17.7 Å². The zero-order valence-electron chi connectivity index (χ0n) is 21.1. The molecule has 4 aromatic rings. The van der Waals surface area contributed by atoms with Crippen molar-refractivity contribution in [1.82, 2.24) is 19.0 Å². The monoisotopic (exact) mass is 519 g/mol. The zero-order valence-corrected chi connectivity index (χ0v) is 21.9. The lowest BCUT2D eigenvalue weighted by atomic mass is 10.0. The van der Waals surface area contributed by atoms with Crippen LogP contribution in [0.15, 0.2) is 53.1 Å². The molecule has 0 spiro atoms. The fourth-order valence-corrected chi connectivity index (χ4v) is 6.73. The van der Waals surface area contributed by atoms with Gasteiger partial charge in [0.2, 0.25) is 15.9 Å². The highest BCUT2D eigenvalue weighted by atomic mass is 32.2. The molecule has 0 N–H and O–H groups in total. The Morgan fingerprint density at radius 1 is 1.05 bits per heavy atom. The molecule has 4 heterocycles. The number of amides is 1. The van der Waals surface area contributed by atoms with Crippen LogP contribution in [0, 0.1) is 13.8 Å². The number of sulfonamides is 1. The molecule has 1 amide bonds. The number of anilines is 1. The number of aromatic nitrogens is 3. The van der Waals surface area contributed by atoms with E-state index in [0.29, 0.717) is 32.4 Å². The van der Waals surface area contributed by atoms with E-state index in [-0.39, 0.29) is 18.0 Å². The smallest absolute Gasteiger partial charge is 0.227 e. The first kappa shape index (κ1) is 23.9. The van der Waals surface area contributed by atoms with Gasteiger partial charge in [-0.15, -0.1) is 0 Å². The minimum atomic E-state index is -3.30. The number of benzene rings is 2. The molecule has 2 aliphatic heterocycles. The molecule has 9 nitrogen and oxygen atoms in total. The van der Waals surface area contributed by atoms with Crippen LogP contribution in [0.1, 0.15) is 48.6 Å². The molecule has 2 saturated heterocycles. The van der Waals surface area contributed by atoms with Crippen LogP contribution in [0.25, 0.3) is 22.2 Å². The lowest BCUT2D eigenvalue weighted by Gasteiger charge is -2.27. The molecular formula is C27H29N5O4S. The maximum atomic E-state index is 13.1. The van der Waals surface area contributed by atoms with Gasteiger partial charge in [0.05, 0.1) is 35.1 Å². The van der Waals surface area contributed by atoms with E-state index in [4.69, 9.17) is 9.51 Å². The number of nitrogens with zero attached hydrogens (tertiary/aromatic N) is 5. The normalized spacial score (nSPS) is 20.9. The Morgan fingerprint density at radius 3 is 2.51 bits per heavy atom. The number of imidazole rings is 1. The Morgan fingerprint density at radius 2 is 1.84 bits per heavy atom. The molecule has 2 aromatic heterocycles. The number of carbonyl (C=O) groups excluding carboxylic acids is 1. The summed E-state index contributed by atoms with van der Waals surface area (Å²) in [6.07, 6.45) is 3.03. The Balaban J connectivity index is 1.51. The first-order valence-corrected chi connectivity index (χ1v) is 14.3. The predicted molar refractivity (Wildman–Crippen MR) is 141 cm³/mol. The molecule has 2 atom stereocenters. The molecule has 192 valence electrons. The van der Waals surface area contributed by atoms with Crippen molar-refractivity contribution in [2.24, 2.45) is 0 Å². The summed E-state index contributed by atoms with van der Waals surface area (Å²) >= 11 is 0. The molecule has 2 fully saturated rings. The average molecular weight is 520 g/mol. The standard InChI is InChI=1S/C27H29N5O4S/c1-17-26(18(2)36-29-17)19-9-10-23-22(15-19)28-27(32(23)21-13-14-30(16-21)37(3,34)35)24-11-12-25(33)31(24)20-7-5-4-6-8-20/h4-10,15,21,24H,11-14,16H2,1-3H3/t21-,24-/m1/s1. The third kappa shape index (κ3) is 4.04. The van der Waals surface area contributed by atoms with E-state index in [9.17, 15) is 13.2 Å². The van der Waals surface area contributed by atoms with Gasteiger partial charge >= 0.3 is 0 Å². The third-order valence-corrected chi connectivity index (χ3v) is 8.81. The lowest BCUT2D eigenvalue weighted by Crippen LogP contribution is -2.31. The number of aryl methyl sites for hydroxylation is 2. The second-order valence-electron chi connectivity index (χ2n) is 9.96. The number of hydrogen-bond donors (Lipinski definition) is 0. The summed E-state index contributed by atoms with van der Waals surface area (Å²) < 4.78 is 33.7. The summed E-state index contributed by atoms with van der Waals surface area (Å²) in [5, 5.41) is 4.10. The number of fused-ring (bicyclic) bond motifs is 1.